The second-order valence-corrected chi connectivity index (χ2v) is 4.96. The highest BCUT2D eigenvalue weighted by atomic mass is 15.3. The first kappa shape index (κ1) is 13.2. The third-order valence-corrected chi connectivity index (χ3v) is 3.64. The first-order chi connectivity index (χ1) is 8.72. The lowest BCUT2D eigenvalue weighted by atomic mass is 10.2. The Morgan fingerprint density at radius 1 is 1.39 bits per heavy atom. The molecule has 5 heteroatoms. The third-order valence-electron chi connectivity index (χ3n) is 3.64. The number of anilines is 1. The summed E-state index contributed by atoms with van der Waals surface area (Å²) in [6, 6.07) is 2.56. The van der Waals surface area contributed by atoms with Crippen LogP contribution >= 0.6 is 0 Å². The summed E-state index contributed by atoms with van der Waals surface area (Å²) < 4.78 is 0. The van der Waals surface area contributed by atoms with Gasteiger partial charge >= 0.3 is 0 Å². The van der Waals surface area contributed by atoms with Gasteiger partial charge in [0.25, 0.3) is 0 Å². The second kappa shape index (κ2) is 6.11. The van der Waals surface area contributed by atoms with Crippen LogP contribution in [0.3, 0.4) is 0 Å². The fraction of sp³-hybridized carbons (Fsp3) is 0.692. The van der Waals surface area contributed by atoms with Gasteiger partial charge in [-0.15, -0.1) is 0 Å². The van der Waals surface area contributed by atoms with E-state index in [0.29, 0.717) is 11.9 Å². The highest BCUT2D eigenvalue weighted by Gasteiger charge is 2.22. The van der Waals surface area contributed by atoms with Crippen LogP contribution < -0.4 is 11.3 Å². The van der Waals surface area contributed by atoms with Crippen LogP contribution in [-0.4, -0.2) is 27.5 Å². The Hall–Kier alpha value is -1.20. The molecule has 0 bridgehead atoms. The SMILES string of the molecule is CCN(Cc1nc(C)cc(NN)n1)C1CCCC1. The van der Waals surface area contributed by atoms with Crippen LogP contribution in [0.4, 0.5) is 5.82 Å². The molecule has 0 atom stereocenters. The van der Waals surface area contributed by atoms with Crippen molar-refractivity contribution >= 4 is 5.82 Å². The zero-order valence-corrected chi connectivity index (χ0v) is 11.3. The lowest BCUT2D eigenvalue weighted by Crippen LogP contribution is -2.33. The van der Waals surface area contributed by atoms with E-state index in [1.807, 2.05) is 13.0 Å². The number of hydrazine groups is 1. The Labute approximate surface area is 109 Å². The van der Waals surface area contributed by atoms with Gasteiger partial charge in [-0.2, -0.15) is 0 Å². The van der Waals surface area contributed by atoms with Gasteiger partial charge < -0.3 is 5.43 Å². The van der Waals surface area contributed by atoms with Crippen LogP contribution in [0.5, 0.6) is 0 Å². The van der Waals surface area contributed by atoms with Crippen molar-refractivity contribution in [2.24, 2.45) is 5.84 Å². The molecule has 2 rings (SSSR count). The number of nitrogens with two attached hydrogens (primary N) is 1. The molecule has 3 N–H and O–H groups in total. The molecular formula is C13H23N5. The van der Waals surface area contributed by atoms with Crippen molar-refractivity contribution in [1.82, 2.24) is 14.9 Å². The summed E-state index contributed by atoms with van der Waals surface area (Å²) in [5.41, 5.74) is 3.55. The molecule has 0 unspecified atom stereocenters. The van der Waals surface area contributed by atoms with Crippen molar-refractivity contribution < 1.29 is 0 Å². The van der Waals surface area contributed by atoms with Crippen LogP contribution in [0.15, 0.2) is 6.07 Å². The largest absolute Gasteiger partial charge is 0.308 e. The molecule has 100 valence electrons. The molecule has 0 amide bonds. The number of nitrogen functional groups attached to an aromatic ring is 1. The second-order valence-electron chi connectivity index (χ2n) is 4.96. The van der Waals surface area contributed by atoms with E-state index >= 15 is 0 Å². The van der Waals surface area contributed by atoms with E-state index in [1.165, 1.54) is 25.7 Å². The minimum Gasteiger partial charge on any atom is -0.308 e. The Morgan fingerprint density at radius 2 is 2.11 bits per heavy atom. The molecule has 0 radical (unpaired) electrons. The first-order valence-electron chi connectivity index (χ1n) is 6.78. The Morgan fingerprint density at radius 3 is 2.72 bits per heavy atom. The average Bonchev–Trinajstić information content (AvgIpc) is 2.89. The van der Waals surface area contributed by atoms with Gasteiger partial charge in [0.1, 0.15) is 11.6 Å². The molecule has 1 aliphatic carbocycles. The van der Waals surface area contributed by atoms with Crippen molar-refractivity contribution in [3.05, 3.63) is 17.6 Å². The van der Waals surface area contributed by atoms with Crippen molar-refractivity contribution in [3.63, 3.8) is 0 Å². The highest BCUT2D eigenvalue weighted by molar-refractivity contribution is 5.33. The summed E-state index contributed by atoms with van der Waals surface area (Å²) in [7, 11) is 0. The van der Waals surface area contributed by atoms with E-state index in [1.54, 1.807) is 0 Å². The maximum atomic E-state index is 5.42. The van der Waals surface area contributed by atoms with Crippen molar-refractivity contribution in [2.45, 2.75) is 52.1 Å². The molecule has 0 spiro atoms. The van der Waals surface area contributed by atoms with E-state index in [-0.39, 0.29) is 0 Å². The molecule has 0 aliphatic heterocycles. The molecule has 1 saturated carbocycles. The fourth-order valence-electron chi connectivity index (χ4n) is 2.72. The predicted molar refractivity (Wildman–Crippen MR) is 72.9 cm³/mol. The number of aromatic nitrogens is 2. The minimum atomic E-state index is 0.694. The number of nitrogens with zero attached hydrogens (tertiary/aromatic N) is 3. The van der Waals surface area contributed by atoms with Crippen LogP contribution in [0.25, 0.3) is 0 Å². The van der Waals surface area contributed by atoms with Crippen molar-refractivity contribution in [3.8, 4) is 0 Å². The molecule has 18 heavy (non-hydrogen) atoms. The van der Waals surface area contributed by atoms with E-state index in [4.69, 9.17) is 5.84 Å². The van der Waals surface area contributed by atoms with E-state index in [0.717, 1.165) is 24.6 Å². The molecule has 1 fully saturated rings. The van der Waals surface area contributed by atoms with Gasteiger partial charge in [-0.3, -0.25) is 4.90 Å². The Kier molecular flexibility index (Phi) is 4.49. The lowest BCUT2D eigenvalue weighted by molar-refractivity contribution is 0.195. The molecule has 0 aromatic carbocycles. The average molecular weight is 249 g/mol. The highest BCUT2D eigenvalue weighted by Crippen LogP contribution is 2.24. The summed E-state index contributed by atoms with van der Waals surface area (Å²) in [6.07, 6.45) is 5.32. The molecule has 1 aliphatic rings. The Balaban J connectivity index is 2.08. The Bertz CT molecular complexity index is 387. The van der Waals surface area contributed by atoms with Crippen LogP contribution in [0.1, 0.15) is 44.1 Å². The molecular weight excluding hydrogens is 226 g/mol. The van der Waals surface area contributed by atoms with Crippen LogP contribution in [-0.2, 0) is 6.54 Å². The topological polar surface area (TPSA) is 67.1 Å². The molecule has 5 nitrogen and oxygen atoms in total. The van der Waals surface area contributed by atoms with Crippen LogP contribution in [0, 0.1) is 6.92 Å². The van der Waals surface area contributed by atoms with Gasteiger partial charge in [0.15, 0.2) is 0 Å². The number of nitrogens with one attached hydrogen (secondary N) is 1. The van der Waals surface area contributed by atoms with Crippen molar-refractivity contribution in [2.75, 3.05) is 12.0 Å². The quantitative estimate of drug-likeness (QED) is 0.615. The van der Waals surface area contributed by atoms with Gasteiger partial charge in [0.05, 0.1) is 6.54 Å². The maximum absolute atomic E-state index is 5.42. The zero-order valence-electron chi connectivity index (χ0n) is 11.3. The summed E-state index contributed by atoms with van der Waals surface area (Å²) in [5, 5.41) is 0. The van der Waals surface area contributed by atoms with Gasteiger partial charge in [-0.25, -0.2) is 15.8 Å². The van der Waals surface area contributed by atoms with E-state index < -0.39 is 0 Å². The molecule has 0 saturated heterocycles. The number of hydrogen-bond donors (Lipinski definition) is 2. The normalized spacial score (nSPS) is 16.4. The number of hydrogen-bond acceptors (Lipinski definition) is 5. The first-order valence-corrected chi connectivity index (χ1v) is 6.78. The van der Waals surface area contributed by atoms with E-state index in [9.17, 15) is 0 Å². The van der Waals surface area contributed by atoms with Crippen molar-refractivity contribution in [1.29, 1.82) is 0 Å². The molecule has 1 aromatic heterocycles. The summed E-state index contributed by atoms with van der Waals surface area (Å²) >= 11 is 0. The van der Waals surface area contributed by atoms with Crippen LogP contribution in [0.2, 0.25) is 0 Å². The number of aryl methyl sites for hydroxylation is 1. The third kappa shape index (κ3) is 3.17. The minimum absolute atomic E-state index is 0.694. The molecule has 1 aromatic rings. The van der Waals surface area contributed by atoms with Gasteiger partial charge in [0.2, 0.25) is 0 Å². The molecule has 1 heterocycles. The van der Waals surface area contributed by atoms with Gasteiger partial charge in [-0.1, -0.05) is 19.8 Å². The summed E-state index contributed by atoms with van der Waals surface area (Å²) in [6.45, 7) is 6.04. The summed E-state index contributed by atoms with van der Waals surface area (Å²) in [5.74, 6) is 6.97. The standard InChI is InChI=1S/C13H23N5/c1-3-18(11-6-4-5-7-11)9-13-15-10(2)8-12(16-13)17-14/h8,11H,3-7,9,14H2,1-2H3,(H,15,16,17). The maximum Gasteiger partial charge on any atom is 0.145 e. The smallest absolute Gasteiger partial charge is 0.145 e. The summed E-state index contributed by atoms with van der Waals surface area (Å²) in [4.78, 5) is 11.4. The van der Waals surface area contributed by atoms with Gasteiger partial charge in [0, 0.05) is 17.8 Å². The fourth-order valence-corrected chi connectivity index (χ4v) is 2.72. The number of rotatable bonds is 5. The van der Waals surface area contributed by atoms with E-state index in [2.05, 4.69) is 27.2 Å². The van der Waals surface area contributed by atoms with Gasteiger partial charge in [-0.05, 0) is 26.3 Å². The monoisotopic (exact) mass is 249 g/mol. The predicted octanol–water partition coefficient (Wildman–Crippen LogP) is 1.84. The lowest BCUT2D eigenvalue weighted by Gasteiger charge is -2.26. The zero-order chi connectivity index (χ0) is 13.0.